The van der Waals surface area contributed by atoms with E-state index in [1.807, 2.05) is 19.9 Å². The number of rotatable bonds is 3. The maximum absolute atomic E-state index is 13.1. The van der Waals surface area contributed by atoms with Crippen molar-refractivity contribution in [3.05, 3.63) is 11.6 Å². The maximum atomic E-state index is 13.1. The second-order valence-corrected chi connectivity index (χ2v) is 8.64. The highest BCUT2D eigenvalue weighted by molar-refractivity contribution is 6.00. The van der Waals surface area contributed by atoms with Crippen molar-refractivity contribution in [1.82, 2.24) is 4.90 Å². The quantitative estimate of drug-likeness (QED) is 0.448. The highest BCUT2D eigenvalue weighted by Crippen LogP contribution is 2.66. The number of hydrogen-bond acceptors (Lipinski definition) is 4. The summed E-state index contributed by atoms with van der Waals surface area (Å²) < 4.78 is 5.00. The van der Waals surface area contributed by atoms with Crippen molar-refractivity contribution in [2.45, 2.75) is 40.5 Å². The van der Waals surface area contributed by atoms with Crippen LogP contribution in [0.15, 0.2) is 11.6 Å². The van der Waals surface area contributed by atoms with Gasteiger partial charge in [0.15, 0.2) is 0 Å². The molecule has 3 saturated carbocycles. The van der Waals surface area contributed by atoms with Crippen LogP contribution in [0, 0.1) is 40.9 Å². The van der Waals surface area contributed by atoms with Gasteiger partial charge in [-0.05, 0) is 49.9 Å². The average Bonchev–Trinajstić information content (AvgIpc) is 2.89. The first-order valence-electron chi connectivity index (χ1n) is 9.57. The molecule has 1 heterocycles. The van der Waals surface area contributed by atoms with E-state index in [2.05, 4.69) is 13.8 Å². The van der Waals surface area contributed by atoms with Gasteiger partial charge in [-0.25, -0.2) is 0 Å². The van der Waals surface area contributed by atoms with Gasteiger partial charge in [0.25, 0.3) is 0 Å². The standard InChI is InChI=1S/C20H27NO4/c1-5-21(6-2)17(22)13-9-11-12(7-10-8-14(11)20(10,3)4)15-16(13)19(24)25-18(15)23/h9-10,12-16H,5-8H2,1-4H3/t10-,12-,13+,14+,15+,16+/m0/s1. The van der Waals surface area contributed by atoms with Gasteiger partial charge in [-0.1, -0.05) is 25.5 Å². The van der Waals surface area contributed by atoms with Gasteiger partial charge in [0.1, 0.15) is 0 Å². The SMILES string of the molecule is CCN(CC)C(=O)[C@@H]1C=C2[C@H]3C[C@H](C[C@@H]2[C@H]2C(=O)OC(=O)[C@@H]21)C3(C)C. The summed E-state index contributed by atoms with van der Waals surface area (Å²) in [5.41, 5.74) is 1.47. The molecule has 5 nitrogen and oxygen atoms in total. The van der Waals surface area contributed by atoms with E-state index in [4.69, 9.17) is 4.74 Å². The lowest BCUT2D eigenvalue weighted by Gasteiger charge is -2.62. The highest BCUT2D eigenvalue weighted by Gasteiger charge is 2.64. The summed E-state index contributed by atoms with van der Waals surface area (Å²) in [5, 5.41) is 0. The molecule has 1 aliphatic heterocycles. The van der Waals surface area contributed by atoms with Gasteiger partial charge in [-0.2, -0.15) is 0 Å². The lowest BCUT2D eigenvalue weighted by molar-refractivity contribution is -0.155. The van der Waals surface area contributed by atoms with Crippen LogP contribution in [0.25, 0.3) is 0 Å². The molecule has 1 saturated heterocycles. The molecule has 1 amide bonds. The van der Waals surface area contributed by atoms with Crippen LogP contribution < -0.4 is 0 Å². The fourth-order valence-corrected chi connectivity index (χ4v) is 5.87. The number of hydrogen-bond donors (Lipinski definition) is 0. The molecule has 5 aliphatic rings. The van der Waals surface area contributed by atoms with Crippen LogP contribution >= 0.6 is 0 Å². The Morgan fingerprint density at radius 1 is 1.16 bits per heavy atom. The van der Waals surface area contributed by atoms with Gasteiger partial charge in [0.2, 0.25) is 5.91 Å². The van der Waals surface area contributed by atoms with E-state index in [0.29, 0.717) is 24.9 Å². The molecule has 0 radical (unpaired) electrons. The smallest absolute Gasteiger partial charge is 0.318 e. The number of esters is 2. The van der Waals surface area contributed by atoms with Crippen LogP contribution in [-0.2, 0) is 19.1 Å². The van der Waals surface area contributed by atoms with Crippen molar-refractivity contribution >= 4 is 17.8 Å². The van der Waals surface area contributed by atoms with E-state index >= 15 is 0 Å². The van der Waals surface area contributed by atoms with E-state index in [9.17, 15) is 14.4 Å². The topological polar surface area (TPSA) is 63.7 Å². The van der Waals surface area contributed by atoms with Crippen LogP contribution in [0.5, 0.6) is 0 Å². The fourth-order valence-electron chi connectivity index (χ4n) is 5.87. The molecule has 5 rings (SSSR count). The third-order valence-electron chi connectivity index (χ3n) is 7.52. The Labute approximate surface area is 148 Å². The Morgan fingerprint density at radius 3 is 2.40 bits per heavy atom. The van der Waals surface area contributed by atoms with Gasteiger partial charge in [0.05, 0.1) is 17.8 Å². The van der Waals surface area contributed by atoms with Crippen molar-refractivity contribution < 1.29 is 19.1 Å². The molecule has 0 unspecified atom stereocenters. The molecule has 0 aromatic heterocycles. The lowest BCUT2D eigenvalue weighted by atomic mass is 9.42. The molecular weight excluding hydrogens is 318 g/mol. The first kappa shape index (κ1) is 16.8. The van der Waals surface area contributed by atoms with Crippen molar-refractivity contribution in [2.24, 2.45) is 40.9 Å². The molecule has 0 aromatic carbocycles. The van der Waals surface area contributed by atoms with Gasteiger partial charge in [0, 0.05) is 13.1 Å². The number of fused-ring (bicyclic) bond motifs is 1. The number of nitrogens with zero attached hydrogens (tertiary/aromatic N) is 1. The van der Waals surface area contributed by atoms with Crippen LogP contribution in [0.4, 0.5) is 0 Å². The second-order valence-electron chi connectivity index (χ2n) is 8.64. The fraction of sp³-hybridized carbons (Fsp3) is 0.750. The Kier molecular flexibility index (Phi) is 3.64. The molecule has 4 aliphatic carbocycles. The van der Waals surface area contributed by atoms with Crippen LogP contribution in [-0.4, -0.2) is 35.8 Å². The van der Waals surface area contributed by atoms with E-state index in [1.165, 1.54) is 5.57 Å². The van der Waals surface area contributed by atoms with Crippen molar-refractivity contribution in [3.63, 3.8) is 0 Å². The Hall–Kier alpha value is -1.65. The number of cyclic esters (lactones) is 2. The molecule has 4 fully saturated rings. The molecular formula is C20H27NO4. The largest absolute Gasteiger partial charge is 0.393 e. The van der Waals surface area contributed by atoms with Gasteiger partial charge >= 0.3 is 11.9 Å². The summed E-state index contributed by atoms with van der Waals surface area (Å²) in [7, 11) is 0. The Bertz CT molecular complexity index is 675. The molecule has 136 valence electrons. The predicted octanol–water partition coefficient (Wildman–Crippen LogP) is 2.41. The Balaban J connectivity index is 1.77. The highest BCUT2D eigenvalue weighted by atomic mass is 16.6. The van der Waals surface area contributed by atoms with Gasteiger partial charge < -0.3 is 9.64 Å². The number of carbonyl (C=O) groups excluding carboxylic acids is 3. The molecule has 5 heteroatoms. The summed E-state index contributed by atoms with van der Waals surface area (Å²) >= 11 is 0. The number of allylic oxidation sites excluding steroid dienone is 1. The summed E-state index contributed by atoms with van der Waals surface area (Å²) in [4.78, 5) is 39.7. The minimum absolute atomic E-state index is 0.0446. The number of ether oxygens (including phenoxy) is 1. The Morgan fingerprint density at radius 2 is 1.80 bits per heavy atom. The average molecular weight is 345 g/mol. The monoisotopic (exact) mass is 345 g/mol. The first-order valence-corrected chi connectivity index (χ1v) is 9.57. The number of carbonyl (C=O) groups is 3. The van der Waals surface area contributed by atoms with E-state index in [1.54, 1.807) is 4.90 Å². The molecule has 25 heavy (non-hydrogen) atoms. The second kappa shape index (κ2) is 5.42. The van der Waals surface area contributed by atoms with Crippen LogP contribution in [0.3, 0.4) is 0 Å². The van der Waals surface area contributed by atoms with E-state index < -0.39 is 29.7 Å². The third kappa shape index (κ3) is 2.10. The van der Waals surface area contributed by atoms with Gasteiger partial charge in [-0.3, -0.25) is 14.4 Å². The first-order chi connectivity index (χ1) is 11.8. The minimum atomic E-state index is -0.630. The zero-order valence-electron chi connectivity index (χ0n) is 15.5. The van der Waals surface area contributed by atoms with Crippen molar-refractivity contribution in [2.75, 3.05) is 13.1 Å². The lowest BCUT2D eigenvalue weighted by Crippen LogP contribution is -2.56. The molecule has 6 atom stereocenters. The maximum Gasteiger partial charge on any atom is 0.318 e. The van der Waals surface area contributed by atoms with E-state index in [-0.39, 0.29) is 17.2 Å². The van der Waals surface area contributed by atoms with Crippen molar-refractivity contribution in [3.8, 4) is 0 Å². The summed E-state index contributed by atoms with van der Waals surface area (Å²) in [6, 6.07) is 0. The van der Waals surface area contributed by atoms with Gasteiger partial charge in [-0.15, -0.1) is 0 Å². The molecule has 0 N–H and O–H groups in total. The van der Waals surface area contributed by atoms with Crippen molar-refractivity contribution in [1.29, 1.82) is 0 Å². The predicted molar refractivity (Wildman–Crippen MR) is 91.1 cm³/mol. The third-order valence-corrected chi connectivity index (χ3v) is 7.52. The minimum Gasteiger partial charge on any atom is -0.393 e. The summed E-state index contributed by atoms with van der Waals surface area (Å²) in [5.74, 6) is -1.50. The normalized spacial score (nSPS) is 40.4. The molecule has 0 aromatic rings. The zero-order chi connectivity index (χ0) is 18.1. The van der Waals surface area contributed by atoms with E-state index in [0.717, 1.165) is 12.8 Å². The van der Waals surface area contributed by atoms with Crippen LogP contribution in [0.2, 0.25) is 0 Å². The molecule has 0 spiro atoms. The summed E-state index contributed by atoms with van der Waals surface area (Å²) in [6.45, 7) is 9.67. The zero-order valence-corrected chi connectivity index (χ0v) is 15.5. The summed E-state index contributed by atoms with van der Waals surface area (Å²) in [6.07, 6.45) is 4.13. The molecule has 2 bridgehead atoms. The van der Waals surface area contributed by atoms with Crippen LogP contribution in [0.1, 0.15) is 40.5 Å². The number of amides is 1.